The maximum Gasteiger partial charge on any atom is 0.310 e. The van der Waals surface area contributed by atoms with Gasteiger partial charge in [-0.1, -0.05) is 6.92 Å². The second kappa shape index (κ2) is 7.51. The van der Waals surface area contributed by atoms with Crippen LogP contribution < -0.4 is 14.8 Å². The lowest BCUT2D eigenvalue weighted by atomic mass is 10.2. The van der Waals surface area contributed by atoms with Gasteiger partial charge in [-0.15, -0.1) is 0 Å². The highest BCUT2D eigenvalue weighted by atomic mass is 16.5. The second-order valence-electron chi connectivity index (χ2n) is 4.14. The molecule has 0 aromatic heterocycles. The van der Waals surface area contributed by atoms with Crippen LogP contribution in [0.3, 0.4) is 0 Å². The van der Waals surface area contributed by atoms with Crippen LogP contribution in [0, 0.1) is 5.92 Å². The Bertz CT molecular complexity index is 398. The highest BCUT2D eigenvalue weighted by molar-refractivity contribution is 5.72. The van der Waals surface area contributed by atoms with Gasteiger partial charge in [0.1, 0.15) is 11.5 Å². The number of carbonyl (C=O) groups is 1. The third kappa shape index (κ3) is 4.69. The monoisotopic (exact) mass is 267 g/mol. The van der Waals surface area contributed by atoms with Crippen molar-refractivity contribution in [1.29, 1.82) is 0 Å². The maximum absolute atomic E-state index is 11.5. The lowest BCUT2D eigenvalue weighted by Gasteiger charge is -2.14. The number of rotatable bonds is 7. The van der Waals surface area contributed by atoms with E-state index in [0.717, 1.165) is 5.69 Å². The first-order valence-electron chi connectivity index (χ1n) is 6.24. The minimum Gasteiger partial charge on any atom is -0.497 e. The molecule has 1 N–H and O–H groups in total. The van der Waals surface area contributed by atoms with Gasteiger partial charge in [-0.25, -0.2) is 0 Å². The molecule has 1 aromatic rings. The van der Waals surface area contributed by atoms with Gasteiger partial charge in [0.15, 0.2) is 0 Å². The number of anilines is 1. The molecule has 1 aromatic carbocycles. The van der Waals surface area contributed by atoms with E-state index < -0.39 is 0 Å². The largest absolute Gasteiger partial charge is 0.497 e. The van der Waals surface area contributed by atoms with Gasteiger partial charge in [0.2, 0.25) is 0 Å². The summed E-state index contributed by atoms with van der Waals surface area (Å²) in [6, 6.07) is 5.49. The van der Waals surface area contributed by atoms with Crippen LogP contribution in [0.2, 0.25) is 0 Å². The Morgan fingerprint density at radius 3 is 2.26 bits per heavy atom. The van der Waals surface area contributed by atoms with Gasteiger partial charge in [-0.05, 0) is 6.92 Å². The number of benzene rings is 1. The van der Waals surface area contributed by atoms with Crippen LogP contribution in [0.4, 0.5) is 5.69 Å². The zero-order valence-corrected chi connectivity index (χ0v) is 11.9. The number of esters is 1. The molecule has 1 rings (SSSR count). The topological polar surface area (TPSA) is 56.8 Å². The molecule has 0 spiro atoms. The van der Waals surface area contributed by atoms with Gasteiger partial charge < -0.3 is 19.5 Å². The van der Waals surface area contributed by atoms with Gasteiger partial charge in [0.05, 0.1) is 26.7 Å². The van der Waals surface area contributed by atoms with Gasteiger partial charge in [-0.2, -0.15) is 0 Å². The highest BCUT2D eigenvalue weighted by Crippen LogP contribution is 2.25. The number of carbonyl (C=O) groups excluding carboxylic acids is 1. The molecule has 5 heteroatoms. The summed E-state index contributed by atoms with van der Waals surface area (Å²) in [7, 11) is 3.19. The number of hydrogen-bond donors (Lipinski definition) is 1. The molecule has 0 fully saturated rings. The molecule has 0 saturated heterocycles. The van der Waals surface area contributed by atoms with Gasteiger partial charge in [-0.3, -0.25) is 4.79 Å². The van der Waals surface area contributed by atoms with Crippen LogP contribution in [-0.2, 0) is 9.53 Å². The van der Waals surface area contributed by atoms with Crippen molar-refractivity contribution >= 4 is 11.7 Å². The first kappa shape index (κ1) is 15.1. The fourth-order valence-electron chi connectivity index (χ4n) is 1.55. The molecule has 0 aliphatic carbocycles. The van der Waals surface area contributed by atoms with Crippen molar-refractivity contribution in [3.63, 3.8) is 0 Å². The average Bonchev–Trinajstić information content (AvgIpc) is 2.44. The van der Waals surface area contributed by atoms with E-state index in [-0.39, 0.29) is 11.9 Å². The van der Waals surface area contributed by atoms with Gasteiger partial charge >= 0.3 is 5.97 Å². The summed E-state index contributed by atoms with van der Waals surface area (Å²) >= 11 is 0. The Hall–Kier alpha value is -1.91. The molecule has 1 atom stereocenters. The van der Waals surface area contributed by atoms with Crippen molar-refractivity contribution in [2.24, 2.45) is 5.92 Å². The van der Waals surface area contributed by atoms with E-state index in [4.69, 9.17) is 14.2 Å². The summed E-state index contributed by atoms with van der Waals surface area (Å²) in [6.45, 7) is 4.51. The quantitative estimate of drug-likeness (QED) is 0.768. The Morgan fingerprint density at radius 1 is 1.21 bits per heavy atom. The molecule has 0 aliphatic rings. The van der Waals surface area contributed by atoms with Crippen LogP contribution in [0.1, 0.15) is 13.8 Å². The Balaban J connectivity index is 2.64. The number of ether oxygens (including phenoxy) is 3. The van der Waals surface area contributed by atoms with Crippen molar-refractivity contribution in [3.8, 4) is 11.5 Å². The lowest BCUT2D eigenvalue weighted by molar-refractivity contribution is -0.146. The van der Waals surface area contributed by atoms with Crippen LogP contribution in [-0.4, -0.2) is 33.3 Å². The SMILES string of the molecule is CCOC(=O)C(C)CNc1cc(OC)cc(OC)c1. The number of hydrogen-bond acceptors (Lipinski definition) is 5. The van der Waals surface area contributed by atoms with Crippen LogP contribution in [0.15, 0.2) is 18.2 Å². The van der Waals surface area contributed by atoms with Crippen LogP contribution in [0.25, 0.3) is 0 Å². The predicted molar refractivity (Wildman–Crippen MR) is 73.8 cm³/mol. The first-order chi connectivity index (χ1) is 9.10. The third-order valence-electron chi connectivity index (χ3n) is 2.65. The zero-order valence-electron chi connectivity index (χ0n) is 11.9. The first-order valence-corrected chi connectivity index (χ1v) is 6.24. The molecule has 0 saturated carbocycles. The molecule has 0 heterocycles. The third-order valence-corrected chi connectivity index (χ3v) is 2.65. The van der Waals surface area contributed by atoms with Gasteiger partial charge in [0.25, 0.3) is 0 Å². The van der Waals surface area contributed by atoms with Crippen molar-refractivity contribution < 1.29 is 19.0 Å². The minimum absolute atomic E-state index is 0.204. The summed E-state index contributed by atoms with van der Waals surface area (Å²) in [5, 5.41) is 3.17. The molecule has 0 aliphatic heterocycles. The van der Waals surface area contributed by atoms with Crippen LogP contribution >= 0.6 is 0 Å². The summed E-state index contributed by atoms with van der Waals surface area (Å²) < 4.78 is 15.3. The smallest absolute Gasteiger partial charge is 0.310 e. The Kier molecular flexibility index (Phi) is 5.99. The zero-order chi connectivity index (χ0) is 14.3. The Labute approximate surface area is 113 Å². The molecular weight excluding hydrogens is 246 g/mol. The van der Waals surface area contributed by atoms with E-state index in [1.165, 1.54) is 0 Å². The lowest BCUT2D eigenvalue weighted by Crippen LogP contribution is -2.22. The summed E-state index contributed by atoms with van der Waals surface area (Å²) in [5.41, 5.74) is 0.840. The number of methoxy groups -OCH3 is 2. The predicted octanol–water partition coefficient (Wildman–Crippen LogP) is 2.31. The summed E-state index contributed by atoms with van der Waals surface area (Å²) in [5.74, 6) is 0.985. The summed E-state index contributed by atoms with van der Waals surface area (Å²) in [4.78, 5) is 11.5. The van der Waals surface area contributed by atoms with E-state index in [1.807, 2.05) is 19.1 Å². The molecule has 0 amide bonds. The van der Waals surface area contributed by atoms with Crippen LogP contribution in [0.5, 0.6) is 11.5 Å². The molecule has 19 heavy (non-hydrogen) atoms. The van der Waals surface area contributed by atoms with E-state index in [1.54, 1.807) is 27.2 Å². The fourth-order valence-corrected chi connectivity index (χ4v) is 1.55. The van der Waals surface area contributed by atoms with E-state index >= 15 is 0 Å². The molecule has 0 bridgehead atoms. The molecule has 0 radical (unpaired) electrons. The average molecular weight is 267 g/mol. The van der Waals surface area contributed by atoms with E-state index in [9.17, 15) is 4.79 Å². The Morgan fingerprint density at radius 2 is 1.79 bits per heavy atom. The second-order valence-corrected chi connectivity index (χ2v) is 4.14. The van der Waals surface area contributed by atoms with Gasteiger partial charge in [0, 0.05) is 30.4 Å². The fraction of sp³-hybridized carbons (Fsp3) is 0.500. The number of nitrogens with one attached hydrogen (secondary N) is 1. The van der Waals surface area contributed by atoms with E-state index in [0.29, 0.717) is 24.7 Å². The standard InChI is InChI=1S/C14H21NO4/c1-5-19-14(16)10(2)9-15-11-6-12(17-3)8-13(7-11)18-4/h6-8,10,15H,5,9H2,1-4H3. The van der Waals surface area contributed by atoms with Crippen molar-refractivity contribution in [3.05, 3.63) is 18.2 Å². The minimum atomic E-state index is -0.211. The molecule has 5 nitrogen and oxygen atoms in total. The van der Waals surface area contributed by atoms with Crippen molar-refractivity contribution in [1.82, 2.24) is 0 Å². The summed E-state index contributed by atoms with van der Waals surface area (Å²) in [6.07, 6.45) is 0. The van der Waals surface area contributed by atoms with Crippen molar-refractivity contribution in [2.45, 2.75) is 13.8 Å². The highest BCUT2D eigenvalue weighted by Gasteiger charge is 2.13. The maximum atomic E-state index is 11.5. The molecule has 1 unspecified atom stereocenters. The molecule has 106 valence electrons. The normalized spacial score (nSPS) is 11.6. The van der Waals surface area contributed by atoms with E-state index in [2.05, 4.69) is 5.32 Å². The molecular formula is C14H21NO4. The van der Waals surface area contributed by atoms with Crippen molar-refractivity contribution in [2.75, 3.05) is 32.7 Å².